The zero-order valence-electron chi connectivity index (χ0n) is 15.5. The first kappa shape index (κ1) is 19.3. The predicted octanol–water partition coefficient (Wildman–Crippen LogP) is -0.236. The SMILES string of the molecule is COc1cc(CNc2ncnc3c2ncn3[C@@H]2O[C@H](CO)C(O)[C@@H]2O)ccc1O. The lowest BCUT2D eigenvalue weighted by Gasteiger charge is -2.16. The number of benzene rings is 1. The van der Waals surface area contributed by atoms with E-state index in [1.165, 1.54) is 24.3 Å². The molecule has 4 rings (SSSR count). The van der Waals surface area contributed by atoms with Gasteiger partial charge in [-0.05, 0) is 17.7 Å². The first-order valence-electron chi connectivity index (χ1n) is 8.93. The van der Waals surface area contributed by atoms with Crippen molar-refractivity contribution in [1.82, 2.24) is 19.5 Å². The molecule has 1 aromatic carbocycles. The molecule has 11 nitrogen and oxygen atoms in total. The third kappa shape index (κ3) is 3.44. The molecule has 5 N–H and O–H groups in total. The number of hydrogen-bond acceptors (Lipinski definition) is 10. The number of aromatic nitrogens is 4. The Bertz CT molecular complexity index is 1010. The fraction of sp³-hybridized carbons (Fsp3) is 0.389. The van der Waals surface area contributed by atoms with Gasteiger partial charge in [0, 0.05) is 6.54 Å². The molecule has 1 fully saturated rings. The maximum Gasteiger partial charge on any atom is 0.167 e. The summed E-state index contributed by atoms with van der Waals surface area (Å²) in [6.07, 6.45) is -1.49. The Balaban J connectivity index is 1.58. The third-order valence-corrected chi connectivity index (χ3v) is 4.85. The largest absolute Gasteiger partial charge is 0.504 e. The van der Waals surface area contributed by atoms with Crippen LogP contribution in [0.5, 0.6) is 11.5 Å². The molecule has 1 saturated heterocycles. The Kier molecular flexibility index (Phi) is 5.20. The number of methoxy groups -OCH3 is 1. The molecule has 3 aromatic rings. The normalized spacial score (nSPS) is 24.1. The maximum atomic E-state index is 10.3. The van der Waals surface area contributed by atoms with E-state index in [4.69, 9.17) is 9.47 Å². The summed E-state index contributed by atoms with van der Waals surface area (Å²) < 4.78 is 12.2. The zero-order valence-corrected chi connectivity index (χ0v) is 15.5. The van der Waals surface area contributed by atoms with Crippen molar-refractivity contribution in [3.05, 3.63) is 36.4 Å². The smallest absolute Gasteiger partial charge is 0.167 e. The summed E-state index contributed by atoms with van der Waals surface area (Å²) in [6.45, 7) is -0.0251. The van der Waals surface area contributed by atoms with E-state index < -0.39 is 31.1 Å². The summed E-state index contributed by atoms with van der Waals surface area (Å²) in [4.78, 5) is 12.7. The average molecular weight is 403 g/mol. The summed E-state index contributed by atoms with van der Waals surface area (Å²) in [5, 5.41) is 42.4. The second-order valence-corrected chi connectivity index (χ2v) is 6.63. The van der Waals surface area contributed by atoms with Crippen molar-refractivity contribution in [3.8, 4) is 11.5 Å². The minimum absolute atomic E-state index is 0.0536. The highest BCUT2D eigenvalue weighted by Crippen LogP contribution is 2.32. The lowest BCUT2D eigenvalue weighted by atomic mass is 10.1. The summed E-state index contributed by atoms with van der Waals surface area (Å²) >= 11 is 0. The van der Waals surface area contributed by atoms with E-state index in [1.54, 1.807) is 18.2 Å². The van der Waals surface area contributed by atoms with Crippen molar-refractivity contribution in [2.75, 3.05) is 19.0 Å². The lowest BCUT2D eigenvalue weighted by Crippen LogP contribution is -2.33. The average Bonchev–Trinajstić information content (AvgIpc) is 3.29. The molecule has 29 heavy (non-hydrogen) atoms. The van der Waals surface area contributed by atoms with Gasteiger partial charge in [0.15, 0.2) is 34.7 Å². The van der Waals surface area contributed by atoms with Crippen molar-refractivity contribution in [2.24, 2.45) is 0 Å². The first-order valence-corrected chi connectivity index (χ1v) is 8.93. The number of ether oxygens (including phenoxy) is 2. The number of aliphatic hydroxyl groups excluding tert-OH is 3. The molecule has 0 radical (unpaired) electrons. The number of anilines is 1. The second kappa shape index (κ2) is 7.79. The van der Waals surface area contributed by atoms with Crippen LogP contribution in [0.3, 0.4) is 0 Å². The van der Waals surface area contributed by atoms with Crippen molar-refractivity contribution in [3.63, 3.8) is 0 Å². The van der Waals surface area contributed by atoms with Crippen LogP contribution in [-0.4, -0.2) is 72.0 Å². The van der Waals surface area contributed by atoms with E-state index in [0.717, 1.165) is 5.56 Å². The highest BCUT2D eigenvalue weighted by molar-refractivity contribution is 5.82. The van der Waals surface area contributed by atoms with Gasteiger partial charge in [-0.1, -0.05) is 6.07 Å². The summed E-state index contributed by atoms with van der Waals surface area (Å²) in [5.74, 6) is 0.885. The number of phenols is 1. The number of nitrogens with zero attached hydrogens (tertiary/aromatic N) is 4. The lowest BCUT2D eigenvalue weighted by molar-refractivity contribution is -0.0511. The predicted molar refractivity (Wildman–Crippen MR) is 100 cm³/mol. The number of aliphatic hydroxyl groups is 3. The monoisotopic (exact) mass is 403 g/mol. The van der Waals surface area contributed by atoms with Crippen molar-refractivity contribution >= 4 is 17.0 Å². The summed E-state index contributed by atoms with van der Waals surface area (Å²) in [6, 6.07) is 5.00. The fourth-order valence-electron chi connectivity index (χ4n) is 3.30. The van der Waals surface area contributed by atoms with Crippen LogP contribution < -0.4 is 10.1 Å². The Morgan fingerprint density at radius 2 is 2.03 bits per heavy atom. The molecule has 0 saturated carbocycles. The Morgan fingerprint density at radius 3 is 2.76 bits per heavy atom. The van der Waals surface area contributed by atoms with Crippen LogP contribution in [0.1, 0.15) is 11.8 Å². The molecule has 4 atom stereocenters. The second-order valence-electron chi connectivity index (χ2n) is 6.63. The van der Waals surface area contributed by atoms with E-state index in [1.807, 2.05) is 0 Å². The van der Waals surface area contributed by atoms with Crippen molar-refractivity contribution in [1.29, 1.82) is 0 Å². The van der Waals surface area contributed by atoms with Gasteiger partial charge in [-0.25, -0.2) is 15.0 Å². The van der Waals surface area contributed by atoms with Crippen LogP contribution >= 0.6 is 0 Å². The molecule has 3 heterocycles. The highest BCUT2D eigenvalue weighted by atomic mass is 16.6. The molecule has 1 aliphatic rings. The number of rotatable bonds is 6. The van der Waals surface area contributed by atoms with E-state index in [0.29, 0.717) is 29.3 Å². The van der Waals surface area contributed by atoms with E-state index in [9.17, 15) is 20.4 Å². The van der Waals surface area contributed by atoms with Crippen LogP contribution in [0.2, 0.25) is 0 Å². The molecule has 11 heteroatoms. The van der Waals surface area contributed by atoms with Gasteiger partial charge in [0.1, 0.15) is 24.6 Å². The van der Waals surface area contributed by atoms with Crippen LogP contribution in [-0.2, 0) is 11.3 Å². The van der Waals surface area contributed by atoms with Gasteiger partial charge in [0.25, 0.3) is 0 Å². The summed E-state index contributed by atoms with van der Waals surface area (Å²) in [7, 11) is 1.48. The molecule has 0 aliphatic carbocycles. The van der Waals surface area contributed by atoms with E-state index in [2.05, 4.69) is 20.3 Å². The third-order valence-electron chi connectivity index (χ3n) is 4.85. The van der Waals surface area contributed by atoms with Crippen LogP contribution in [0, 0.1) is 0 Å². The quantitative estimate of drug-likeness (QED) is 0.372. The molecule has 154 valence electrons. The van der Waals surface area contributed by atoms with Crippen LogP contribution in [0.25, 0.3) is 11.2 Å². The van der Waals surface area contributed by atoms with Crippen LogP contribution in [0.4, 0.5) is 5.82 Å². The van der Waals surface area contributed by atoms with Gasteiger partial charge < -0.3 is 35.2 Å². The molecule has 0 bridgehead atoms. The number of imidazole rings is 1. The number of fused-ring (bicyclic) bond motifs is 1. The molecular weight excluding hydrogens is 382 g/mol. The molecule has 0 amide bonds. The highest BCUT2D eigenvalue weighted by Gasteiger charge is 2.44. The van der Waals surface area contributed by atoms with Crippen molar-refractivity contribution < 1.29 is 29.9 Å². The maximum absolute atomic E-state index is 10.3. The number of aromatic hydroxyl groups is 1. The molecule has 1 unspecified atom stereocenters. The molecular formula is C18H21N5O6. The molecule has 2 aromatic heterocycles. The van der Waals surface area contributed by atoms with Gasteiger partial charge in [0.2, 0.25) is 0 Å². The number of phenolic OH excluding ortho intramolecular Hbond substituents is 1. The van der Waals surface area contributed by atoms with Crippen molar-refractivity contribution in [2.45, 2.75) is 31.1 Å². The Labute approximate surface area is 165 Å². The van der Waals surface area contributed by atoms with E-state index >= 15 is 0 Å². The Morgan fingerprint density at radius 1 is 1.21 bits per heavy atom. The van der Waals surface area contributed by atoms with Gasteiger partial charge in [-0.15, -0.1) is 0 Å². The standard InChI is InChI=1S/C18H21N5O6/c1-28-11-4-9(2-3-10(11)25)5-19-16-13-17(21-7-20-16)23(8-22-13)18-15(27)14(26)12(6-24)29-18/h2-4,7-8,12,14-15,18,24-27H,5-6H2,1H3,(H,19,20,21)/t12-,14?,15+,18-/m1/s1. The minimum Gasteiger partial charge on any atom is -0.504 e. The van der Waals surface area contributed by atoms with Gasteiger partial charge in [-0.3, -0.25) is 4.57 Å². The van der Waals surface area contributed by atoms with Gasteiger partial charge in [-0.2, -0.15) is 0 Å². The fourth-order valence-corrected chi connectivity index (χ4v) is 3.30. The van der Waals surface area contributed by atoms with Gasteiger partial charge in [0.05, 0.1) is 20.0 Å². The first-order chi connectivity index (χ1) is 14.0. The summed E-state index contributed by atoms with van der Waals surface area (Å²) in [5.41, 5.74) is 1.71. The number of hydrogen-bond donors (Lipinski definition) is 5. The van der Waals surface area contributed by atoms with Gasteiger partial charge >= 0.3 is 0 Å². The Hall–Kier alpha value is -2.99. The molecule has 1 aliphatic heterocycles. The number of nitrogens with one attached hydrogen (secondary N) is 1. The zero-order chi connectivity index (χ0) is 20.5. The topological polar surface area (TPSA) is 155 Å². The molecule has 0 spiro atoms. The minimum atomic E-state index is -1.24. The van der Waals surface area contributed by atoms with Crippen LogP contribution in [0.15, 0.2) is 30.9 Å². The van der Waals surface area contributed by atoms with E-state index in [-0.39, 0.29) is 5.75 Å².